The van der Waals surface area contributed by atoms with Crippen molar-refractivity contribution in [1.29, 1.82) is 0 Å². The molecule has 108 valence electrons. The lowest BCUT2D eigenvalue weighted by Gasteiger charge is -2.19. The molecule has 0 amide bonds. The smallest absolute Gasteiger partial charge is 0.0792 e. The number of unbranched alkanes of at least 4 members (excludes halogenated alkanes) is 1. The molecular weight excluding hydrogens is 232 g/mol. The first-order valence-electron chi connectivity index (χ1n) is 7.86. The summed E-state index contributed by atoms with van der Waals surface area (Å²) in [4.78, 5) is 0. The Morgan fingerprint density at radius 2 is 1.58 bits per heavy atom. The zero-order valence-corrected chi connectivity index (χ0v) is 13.0. The van der Waals surface area contributed by atoms with Gasteiger partial charge < -0.3 is 5.11 Å². The molecule has 2 unspecified atom stereocenters. The van der Waals surface area contributed by atoms with Crippen molar-refractivity contribution in [3.05, 3.63) is 35.4 Å². The fourth-order valence-corrected chi connectivity index (χ4v) is 2.54. The summed E-state index contributed by atoms with van der Waals surface area (Å²) in [5.41, 5.74) is 2.41. The molecule has 2 atom stereocenters. The number of rotatable bonds is 8. The van der Waals surface area contributed by atoms with Gasteiger partial charge in [0, 0.05) is 0 Å². The largest absolute Gasteiger partial charge is 0.388 e. The van der Waals surface area contributed by atoms with Crippen molar-refractivity contribution in [3.8, 4) is 0 Å². The highest BCUT2D eigenvalue weighted by molar-refractivity contribution is 5.26. The van der Waals surface area contributed by atoms with Crippen LogP contribution in [0, 0.1) is 5.92 Å². The van der Waals surface area contributed by atoms with E-state index < -0.39 is 0 Å². The average molecular weight is 262 g/mol. The van der Waals surface area contributed by atoms with Gasteiger partial charge in [0.2, 0.25) is 0 Å². The molecule has 0 bridgehead atoms. The van der Waals surface area contributed by atoms with Gasteiger partial charge in [-0.25, -0.2) is 0 Å². The first kappa shape index (κ1) is 16.2. The minimum atomic E-state index is -0.303. The van der Waals surface area contributed by atoms with Crippen LogP contribution >= 0.6 is 0 Å². The van der Waals surface area contributed by atoms with E-state index in [9.17, 15) is 5.11 Å². The van der Waals surface area contributed by atoms with E-state index in [1.165, 1.54) is 31.2 Å². The standard InChI is InChI=1S/C18H30O/c1-5-7-8-15(6-2)13-18(19)17-11-9-16(10-12-17)14(3)4/h9-12,14-15,18-19H,5-8,13H2,1-4H3. The lowest BCUT2D eigenvalue weighted by Crippen LogP contribution is -2.07. The van der Waals surface area contributed by atoms with Gasteiger partial charge in [-0.05, 0) is 29.4 Å². The zero-order valence-electron chi connectivity index (χ0n) is 13.0. The minimum absolute atomic E-state index is 0.303. The molecule has 1 N–H and O–H groups in total. The maximum atomic E-state index is 10.4. The Kier molecular flexibility index (Phi) is 7.15. The van der Waals surface area contributed by atoms with Crippen LogP contribution in [0.5, 0.6) is 0 Å². The quantitative estimate of drug-likeness (QED) is 0.660. The van der Waals surface area contributed by atoms with Gasteiger partial charge in [-0.3, -0.25) is 0 Å². The summed E-state index contributed by atoms with van der Waals surface area (Å²) in [6, 6.07) is 8.48. The van der Waals surface area contributed by atoms with Crippen LogP contribution in [0.4, 0.5) is 0 Å². The molecule has 0 aliphatic carbocycles. The summed E-state index contributed by atoms with van der Waals surface area (Å²) in [6.07, 6.45) is 5.53. The summed E-state index contributed by atoms with van der Waals surface area (Å²) in [5.74, 6) is 1.21. The third-order valence-corrected chi connectivity index (χ3v) is 4.09. The molecule has 19 heavy (non-hydrogen) atoms. The van der Waals surface area contributed by atoms with Crippen LogP contribution in [0.15, 0.2) is 24.3 Å². The Morgan fingerprint density at radius 1 is 1.00 bits per heavy atom. The van der Waals surface area contributed by atoms with E-state index in [0.717, 1.165) is 12.0 Å². The van der Waals surface area contributed by atoms with Gasteiger partial charge in [0.25, 0.3) is 0 Å². The predicted molar refractivity (Wildman–Crippen MR) is 83.4 cm³/mol. The van der Waals surface area contributed by atoms with Crippen molar-refractivity contribution in [3.63, 3.8) is 0 Å². The summed E-state index contributed by atoms with van der Waals surface area (Å²) >= 11 is 0. The topological polar surface area (TPSA) is 20.2 Å². The average Bonchev–Trinajstić information content (AvgIpc) is 2.43. The van der Waals surface area contributed by atoms with Crippen LogP contribution in [0.3, 0.4) is 0 Å². The minimum Gasteiger partial charge on any atom is -0.388 e. The van der Waals surface area contributed by atoms with Gasteiger partial charge in [0.15, 0.2) is 0 Å². The molecule has 1 nitrogen and oxygen atoms in total. The number of aliphatic hydroxyl groups excluding tert-OH is 1. The van der Waals surface area contributed by atoms with Gasteiger partial charge in [-0.15, -0.1) is 0 Å². The van der Waals surface area contributed by atoms with E-state index in [1.807, 2.05) is 0 Å². The molecule has 0 aromatic heterocycles. The van der Waals surface area contributed by atoms with Crippen molar-refractivity contribution < 1.29 is 5.11 Å². The van der Waals surface area contributed by atoms with E-state index in [4.69, 9.17) is 0 Å². The van der Waals surface area contributed by atoms with Crippen molar-refractivity contribution >= 4 is 0 Å². The molecule has 0 fully saturated rings. The van der Waals surface area contributed by atoms with Gasteiger partial charge in [0.1, 0.15) is 0 Å². The third kappa shape index (κ3) is 5.36. The van der Waals surface area contributed by atoms with Crippen molar-refractivity contribution in [2.24, 2.45) is 5.92 Å². The molecule has 0 heterocycles. The Balaban J connectivity index is 2.58. The molecule has 0 saturated heterocycles. The highest BCUT2D eigenvalue weighted by Crippen LogP contribution is 2.27. The monoisotopic (exact) mass is 262 g/mol. The molecule has 1 aromatic rings. The zero-order chi connectivity index (χ0) is 14.3. The number of aliphatic hydroxyl groups is 1. The molecular formula is C18H30O. The highest BCUT2D eigenvalue weighted by Gasteiger charge is 2.14. The van der Waals surface area contributed by atoms with Crippen LogP contribution in [0.1, 0.15) is 82.9 Å². The van der Waals surface area contributed by atoms with Gasteiger partial charge in [-0.1, -0.05) is 77.6 Å². The Bertz CT molecular complexity index is 339. The maximum absolute atomic E-state index is 10.4. The van der Waals surface area contributed by atoms with Crippen molar-refractivity contribution in [1.82, 2.24) is 0 Å². The lowest BCUT2D eigenvalue weighted by molar-refractivity contribution is 0.139. The van der Waals surface area contributed by atoms with Crippen molar-refractivity contribution in [2.45, 2.75) is 71.8 Å². The molecule has 0 radical (unpaired) electrons. The second kappa shape index (κ2) is 8.37. The first-order valence-corrected chi connectivity index (χ1v) is 7.86. The molecule has 1 aromatic carbocycles. The Labute approximate surface area is 119 Å². The highest BCUT2D eigenvalue weighted by atomic mass is 16.3. The van der Waals surface area contributed by atoms with Gasteiger partial charge >= 0.3 is 0 Å². The first-order chi connectivity index (χ1) is 9.08. The van der Waals surface area contributed by atoms with Crippen molar-refractivity contribution in [2.75, 3.05) is 0 Å². The summed E-state index contributed by atoms with van der Waals surface area (Å²) in [5, 5.41) is 10.4. The second-order valence-electron chi connectivity index (χ2n) is 5.99. The van der Waals surface area contributed by atoms with E-state index in [-0.39, 0.29) is 6.10 Å². The van der Waals surface area contributed by atoms with E-state index in [1.54, 1.807) is 0 Å². The number of benzene rings is 1. The molecule has 1 rings (SSSR count). The predicted octanol–water partition coefficient (Wildman–Crippen LogP) is 5.45. The summed E-state index contributed by atoms with van der Waals surface area (Å²) in [6.45, 7) is 8.86. The lowest BCUT2D eigenvalue weighted by atomic mass is 9.90. The molecule has 0 aliphatic rings. The van der Waals surface area contributed by atoms with Crippen LogP contribution in [-0.2, 0) is 0 Å². The SMILES string of the molecule is CCCCC(CC)CC(O)c1ccc(C(C)C)cc1. The van der Waals surface area contributed by atoms with Crippen LogP contribution < -0.4 is 0 Å². The van der Waals surface area contributed by atoms with Gasteiger partial charge in [0.05, 0.1) is 6.10 Å². The second-order valence-corrected chi connectivity index (χ2v) is 5.99. The Hall–Kier alpha value is -0.820. The van der Waals surface area contributed by atoms with Crippen LogP contribution in [0.2, 0.25) is 0 Å². The molecule has 0 aliphatic heterocycles. The normalized spacial score (nSPS) is 14.6. The molecule has 0 saturated carbocycles. The van der Waals surface area contributed by atoms with Crippen LogP contribution in [0.25, 0.3) is 0 Å². The van der Waals surface area contributed by atoms with E-state index >= 15 is 0 Å². The summed E-state index contributed by atoms with van der Waals surface area (Å²) in [7, 11) is 0. The molecule has 1 heteroatoms. The Morgan fingerprint density at radius 3 is 2.05 bits per heavy atom. The fraction of sp³-hybridized carbons (Fsp3) is 0.667. The van der Waals surface area contributed by atoms with Crippen LogP contribution in [-0.4, -0.2) is 5.11 Å². The van der Waals surface area contributed by atoms with E-state index in [0.29, 0.717) is 11.8 Å². The maximum Gasteiger partial charge on any atom is 0.0792 e. The van der Waals surface area contributed by atoms with Gasteiger partial charge in [-0.2, -0.15) is 0 Å². The fourth-order valence-electron chi connectivity index (χ4n) is 2.54. The number of hydrogen-bond acceptors (Lipinski definition) is 1. The third-order valence-electron chi connectivity index (χ3n) is 4.09. The molecule has 0 spiro atoms. The van der Waals surface area contributed by atoms with E-state index in [2.05, 4.69) is 52.0 Å². The number of hydrogen-bond donors (Lipinski definition) is 1. The summed E-state index contributed by atoms with van der Waals surface area (Å²) < 4.78 is 0.